The smallest absolute Gasteiger partial charge is 0.253 e. The Kier molecular flexibility index (Phi) is 3.57. The fraction of sp³-hybridized carbons (Fsp3) is 0.143. The van der Waals surface area contributed by atoms with E-state index in [2.05, 4.69) is 4.98 Å². The van der Waals surface area contributed by atoms with Gasteiger partial charge in [0.25, 0.3) is 5.91 Å². The lowest BCUT2D eigenvalue weighted by atomic mass is 10.2. The molecule has 0 spiro atoms. The standard InChI is InChI=1S/C14H14N2O2/c1-16(10-11-6-8-15-9-7-11)14(18)12-2-4-13(17)5-3-12/h2-9,17H,10H2,1H3. The third-order valence-electron chi connectivity index (χ3n) is 2.63. The molecule has 4 heteroatoms. The first kappa shape index (κ1) is 12.1. The summed E-state index contributed by atoms with van der Waals surface area (Å²) in [5.41, 5.74) is 1.59. The fourth-order valence-electron chi connectivity index (χ4n) is 1.66. The molecule has 0 saturated heterocycles. The minimum Gasteiger partial charge on any atom is -0.508 e. The Morgan fingerprint density at radius 3 is 2.39 bits per heavy atom. The second kappa shape index (κ2) is 5.31. The zero-order chi connectivity index (χ0) is 13.0. The first-order valence-electron chi connectivity index (χ1n) is 5.60. The van der Waals surface area contributed by atoms with Gasteiger partial charge in [-0.25, -0.2) is 0 Å². The highest BCUT2D eigenvalue weighted by Crippen LogP contribution is 2.12. The number of phenols is 1. The molecule has 0 radical (unpaired) electrons. The molecule has 18 heavy (non-hydrogen) atoms. The van der Waals surface area contributed by atoms with Gasteiger partial charge in [-0.3, -0.25) is 9.78 Å². The average molecular weight is 242 g/mol. The monoisotopic (exact) mass is 242 g/mol. The number of aromatic nitrogens is 1. The van der Waals surface area contributed by atoms with Crippen molar-refractivity contribution in [3.63, 3.8) is 0 Å². The SMILES string of the molecule is CN(Cc1ccncc1)C(=O)c1ccc(O)cc1. The molecule has 2 aromatic rings. The Labute approximate surface area is 106 Å². The maximum Gasteiger partial charge on any atom is 0.253 e. The molecule has 0 atom stereocenters. The first-order valence-corrected chi connectivity index (χ1v) is 5.60. The molecule has 0 aliphatic heterocycles. The maximum absolute atomic E-state index is 12.1. The van der Waals surface area contributed by atoms with Crippen LogP contribution in [0.3, 0.4) is 0 Å². The molecule has 4 nitrogen and oxygen atoms in total. The highest BCUT2D eigenvalue weighted by atomic mass is 16.3. The zero-order valence-corrected chi connectivity index (χ0v) is 10.1. The Balaban J connectivity index is 2.07. The molecule has 0 aliphatic carbocycles. The van der Waals surface area contributed by atoms with Gasteiger partial charge in [0.1, 0.15) is 5.75 Å². The Hall–Kier alpha value is -2.36. The summed E-state index contributed by atoms with van der Waals surface area (Å²) in [5.74, 6) is 0.0788. The minimum absolute atomic E-state index is 0.0770. The van der Waals surface area contributed by atoms with Crippen LogP contribution in [-0.2, 0) is 6.54 Å². The Morgan fingerprint density at radius 1 is 1.17 bits per heavy atom. The zero-order valence-electron chi connectivity index (χ0n) is 10.1. The van der Waals surface area contributed by atoms with Crippen molar-refractivity contribution in [2.75, 3.05) is 7.05 Å². The van der Waals surface area contributed by atoms with Crippen molar-refractivity contribution >= 4 is 5.91 Å². The molecular weight excluding hydrogens is 228 g/mol. The van der Waals surface area contributed by atoms with E-state index in [0.29, 0.717) is 12.1 Å². The summed E-state index contributed by atoms with van der Waals surface area (Å²) >= 11 is 0. The molecule has 1 heterocycles. The second-order valence-corrected chi connectivity index (χ2v) is 4.06. The van der Waals surface area contributed by atoms with Crippen LogP contribution in [0.4, 0.5) is 0 Å². The molecule has 1 amide bonds. The number of nitrogens with zero attached hydrogens (tertiary/aromatic N) is 2. The van der Waals surface area contributed by atoms with Gasteiger partial charge in [-0.05, 0) is 42.0 Å². The molecule has 92 valence electrons. The van der Waals surface area contributed by atoms with E-state index in [1.165, 1.54) is 12.1 Å². The van der Waals surface area contributed by atoms with Crippen LogP contribution in [0.1, 0.15) is 15.9 Å². The van der Waals surface area contributed by atoms with Crippen LogP contribution in [0.25, 0.3) is 0 Å². The number of aromatic hydroxyl groups is 1. The Bertz CT molecular complexity index is 523. The third-order valence-corrected chi connectivity index (χ3v) is 2.63. The van der Waals surface area contributed by atoms with Crippen LogP contribution < -0.4 is 0 Å². The molecule has 1 aromatic carbocycles. The number of carbonyl (C=O) groups excluding carboxylic acids is 1. The van der Waals surface area contributed by atoms with Crippen LogP contribution in [0.2, 0.25) is 0 Å². The van der Waals surface area contributed by atoms with Gasteiger partial charge in [-0.15, -0.1) is 0 Å². The molecule has 0 saturated carbocycles. The summed E-state index contributed by atoms with van der Waals surface area (Å²) in [4.78, 5) is 17.6. The fourth-order valence-corrected chi connectivity index (χ4v) is 1.66. The summed E-state index contributed by atoms with van der Waals surface area (Å²) in [6, 6.07) is 9.99. The van der Waals surface area contributed by atoms with E-state index in [4.69, 9.17) is 0 Å². The van der Waals surface area contributed by atoms with E-state index in [9.17, 15) is 9.90 Å². The van der Waals surface area contributed by atoms with Gasteiger partial charge < -0.3 is 10.0 Å². The Morgan fingerprint density at radius 2 is 1.78 bits per heavy atom. The van der Waals surface area contributed by atoms with Crippen molar-refractivity contribution in [2.24, 2.45) is 0 Å². The normalized spacial score (nSPS) is 10.1. The molecule has 2 rings (SSSR count). The highest BCUT2D eigenvalue weighted by molar-refractivity contribution is 5.94. The lowest BCUT2D eigenvalue weighted by Crippen LogP contribution is -2.26. The molecule has 0 unspecified atom stereocenters. The number of rotatable bonds is 3. The number of carbonyl (C=O) groups is 1. The maximum atomic E-state index is 12.1. The lowest BCUT2D eigenvalue weighted by Gasteiger charge is -2.17. The van der Waals surface area contributed by atoms with Gasteiger partial charge in [-0.1, -0.05) is 0 Å². The quantitative estimate of drug-likeness (QED) is 0.896. The van der Waals surface area contributed by atoms with Crippen LogP contribution in [0.15, 0.2) is 48.8 Å². The van der Waals surface area contributed by atoms with E-state index in [1.807, 2.05) is 12.1 Å². The van der Waals surface area contributed by atoms with Crippen molar-refractivity contribution in [3.05, 3.63) is 59.9 Å². The molecule has 0 aliphatic rings. The lowest BCUT2D eigenvalue weighted by molar-refractivity contribution is 0.0785. The molecule has 0 fully saturated rings. The van der Waals surface area contributed by atoms with Crippen LogP contribution in [-0.4, -0.2) is 27.9 Å². The number of hydrogen-bond donors (Lipinski definition) is 1. The third kappa shape index (κ3) is 2.85. The number of pyridine rings is 1. The van der Waals surface area contributed by atoms with Gasteiger partial charge in [0.15, 0.2) is 0 Å². The van der Waals surface area contributed by atoms with E-state index in [1.54, 1.807) is 36.5 Å². The minimum atomic E-state index is -0.0770. The molecule has 0 bridgehead atoms. The highest BCUT2D eigenvalue weighted by Gasteiger charge is 2.11. The number of benzene rings is 1. The summed E-state index contributed by atoms with van der Waals surface area (Å²) in [6.45, 7) is 0.530. The molecule has 1 aromatic heterocycles. The van der Waals surface area contributed by atoms with Crippen molar-refractivity contribution in [3.8, 4) is 5.75 Å². The van der Waals surface area contributed by atoms with Crippen molar-refractivity contribution in [2.45, 2.75) is 6.54 Å². The molecular formula is C14H14N2O2. The number of phenolic OH excluding ortho intramolecular Hbond substituents is 1. The van der Waals surface area contributed by atoms with Crippen molar-refractivity contribution < 1.29 is 9.90 Å². The summed E-state index contributed by atoms with van der Waals surface area (Å²) in [7, 11) is 1.75. The predicted molar refractivity (Wildman–Crippen MR) is 68.1 cm³/mol. The molecule has 1 N–H and O–H groups in total. The van der Waals surface area contributed by atoms with Crippen LogP contribution in [0.5, 0.6) is 5.75 Å². The van der Waals surface area contributed by atoms with Gasteiger partial charge in [0.05, 0.1) is 0 Å². The van der Waals surface area contributed by atoms with Crippen LogP contribution in [0, 0.1) is 0 Å². The number of hydrogen-bond acceptors (Lipinski definition) is 3. The van der Waals surface area contributed by atoms with Gasteiger partial charge in [0, 0.05) is 31.5 Å². The average Bonchev–Trinajstić information content (AvgIpc) is 2.40. The van der Waals surface area contributed by atoms with Crippen molar-refractivity contribution in [1.82, 2.24) is 9.88 Å². The second-order valence-electron chi connectivity index (χ2n) is 4.06. The van der Waals surface area contributed by atoms with E-state index in [0.717, 1.165) is 5.56 Å². The van der Waals surface area contributed by atoms with Gasteiger partial charge in [0.2, 0.25) is 0 Å². The van der Waals surface area contributed by atoms with E-state index >= 15 is 0 Å². The van der Waals surface area contributed by atoms with Crippen LogP contribution >= 0.6 is 0 Å². The van der Waals surface area contributed by atoms with E-state index in [-0.39, 0.29) is 11.7 Å². The summed E-state index contributed by atoms with van der Waals surface area (Å²) in [6.07, 6.45) is 3.41. The predicted octanol–water partition coefficient (Wildman–Crippen LogP) is 2.06. The summed E-state index contributed by atoms with van der Waals surface area (Å²) < 4.78 is 0. The van der Waals surface area contributed by atoms with Gasteiger partial charge in [-0.2, -0.15) is 0 Å². The first-order chi connectivity index (χ1) is 8.66. The van der Waals surface area contributed by atoms with Crippen molar-refractivity contribution in [1.29, 1.82) is 0 Å². The number of amides is 1. The van der Waals surface area contributed by atoms with Gasteiger partial charge >= 0.3 is 0 Å². The van der Waals surface area contributed by atoms with E-state index < -0.39 is 0 Å². The summed E-state index contributed by atoms with van der Waals surface area (Å²) in [5, 5.41) is 9.18. The largest absolute Gasteiger partial charge is 0.508 e. The topological polar surface area (TPSA) is 53.4 Å².